The average molecular weight is 162 g/mol. The number of hydrogen-bond donors (Lipinski definition) is 2. The Labute approximate surface area is 63.3 Å². The summed E-state index contributed by atoms with van der Waals surface area (Å²) in [5, 5.41) is 0. The molecule has 64 valence electrons. The number of nitrogens with two attached hydrogens (primary N) is 2. The van der Waals surface area contributed by atoms with Crippen LogP contribution in [-0.2, 0) is 19.2 Å². The minimum absolute atomic E-state index is 0.105. The SMILES string of the molecule is NOC[C@H]1OC(=O)C[C@@H]1ON. The number of hydrogen-bond acceptors (Lipinski definition) is 6. The first-order valence-corrected chi connectivity index (χ1v) is 3.14. The summed E-state index contributed by atoms with van der Waals surface area (Å²) in [4.78, 5) is 19.4. The summed E-state index contributed by atoms with van der Waals surface area (Å²) < 4.78 is 4.76. The van der Waals surface area contributed by atoms with Gasteiger partial charge in [0.25, 0.3) is 0 Å². The van der Waals surface area contributed by atoms with Crippen LogP contribution in [0.25, 0.3) is 0 Å². The lowest BCUT2D eigenvalue weighted by Gasteiger charge is -2.12. The van der Waals surface area contributed by atoms with E-state index in [-0.39, 0.29) is 19.0 Å². The van der Waals surface area contributed by atoms with Crippen LogP contribution in [-0.4, -0.2) is 24.8 Å². The van der Waals surface area contributed by atoms with Crippen LogP contribution in [0.1, 0.15) is 6.42 Å². The van der Waals surface area contributed by atoms with Gasteiger partial charge >= 0.3 is 5.97 Å². The lowest BCUT2D eigenvalue weighted by atomic mass is 10.2. The van der Waals surface area contributed by atoms with E-state index >= 15 is 0 Å². The fourth-order valence-corrected chi connectivity index (χ4v) is 0.960. The summed E-state index contributed by atoms with van der Waals surface area (Å²) >= 11 is 0. The Hall–Kier alpha value is -0.690. The van der Waals surface area contributed by atoms with Crippen molar-refractivity contribution in [2.75, 3.05) is 6.61 Å². The van der Waals surface area contributed by atoms with Gasteiger partial charge in [-0.1, -0.05) is 0 Å². The van der Waals surface area contributed by atoms with Gasteiger partial charge in [0.15, 0.2) is 6.10 Å². The predicted octanol–water partition coefficient (Wildman–Crippen LogP) is -1.55. The molecule has 1 aliphatic heterocycles. The normalized spacial score (nSPS) is 30.5. The van der Waals surface area contributed by atoms with Crippen LogP contribution in [0.4, 0.5) is 0 Å². The molecule has 4 N–H and O–H groups in total. The highest BCUT2D eigenvalue weighted by Crippen LogP contribution is 2.16. The van der Waals surface area contributed by atoms with Crippen molar-refractivity contribution < 1.29 is 19.2 Å². The molecule has 0 bridgehead atoms. The highest BCUT2D eigenvalue weighted by atomic mass is 16.7. The van der Waals surface area contributed by atoms with Crippen molar-refractivity contribution in [3.8, 4) is 0 Å². The van der Waals surface area contributed by atoms with Crippen LogP contribution in [0.2, 0.25) is 0 Å². The molecule has 2 atom stereocenters. The molecule has 1 saturated heterocycles. The van der Waals surface area contributed by atoms with Crippen molar-refractivity contribution in [1.82, 2.24) is 0 Å². The van der Waals surface area contributed by atoms with Gasteiger partial charge in [-0.25, -0.2) is 11.8 Å². The van der Waals surface area contributed by atoms with E-state index < -0.39 is 12.2 Å². The van der Waals surface area contributed by atoms with E-state index in [1.54, 1.807) is 0 Å². The van der Waals surface area contributed by atoms with Crippen molar-refractivity contribution in [2.45, 2.75) is 18.6 Å². The Morgan fingerprint density at radius 2 is 2.36 bits per heavy atom. The average Bonchev–Trinajstić information content (AvgIpc) is 2.32. The van der Waals surface area contributed by atoms with Crippen molar-refractivity contribution in [2.24, 2.45) is 11.8 Å². The molecule has 1 rings (SSSR count). The zero-order chi connectivity index (χ0) is 8.27. The Kier molecular flexibility index (Phi) is 2.77. The number of ether oxygens (including phenoxy) is 1. The van der Waals surface area contributed by atoms with Gasteiger partial charge in [0.05, 0.1) is 6.42 Å². The summed E-state index contributed by atoms with van der Waals surface area (Å²) in [6, 6.07) is 0. The maximum Gasteiger partial charge on any atom is 0.309 e. The molecule has 0 saturated carbocycles. The predicted molar refractivity (Wildman–Crippen MR) is 33.7 cm³/mol. The van der Waals surface area contributed by atoms with E-state index in [2.05, 4.69) is 9.68 Å². The second-order valence-corrected chi connectivity index (χ2v) is 2.24. The maximum absolute atomic E-state index is 10.6. The van der Waals surface area contributed by atoms with E-state index in [1.807, 2.05) is 0 Å². The zero-order valence-electron chi connectivity index (χ0n) is 5.86. The monoisotopic (exact) mass is 162 g/mol. The molecule has 0 aromatic rings. The van der Waals surface area contributed by atoms with Crippen molar-refractivity contribution in [3.05, 3.63) is 0 Å². The lowest BCUT2D eigenvalue weighted by Crippen LogP contribution is -2.32. The molecule has 0 unspecified atom stereocenters. The molecule has 1 heterocycles. The molecule has 0 amide bonds. The van der Waals surface area contributed by atoms with Gasteiger partial charge in [0.2, 0.25) is 0 Å². The second kappa shape index (κ2) is 3.63. The molecule has 0 radical (unpaired) electrons. The van der Waals surface area contributed by atoms with E-state index in [4.69, 9.17) is 16.5 Å². The fraction of sp³-hybridized carbons (Fsp3) is 0.800. The Bertz CT molecular complexity index is 151. The first kappa shape index (κ1) is 8.41. The highest BCUT2D eigenvalue weighted by molar-refractivity contribution is 5.72. The Balaban J connectivity index is 2.43. The fourth-order valence-electron chi connectivity index (χ4n) is 0.960. The lowest BCUT2D eigenvalue weighted by molar-refractivity contribution is -0.144. The zero-order valence-corrected chi connectivity index (χ0v) is 5.86. The maximum atomic E-state index is 10.6. The molecule has 1 aliphatic rings. The van der Waals surface area contributed by atoms with E-state index in [0.717, 1.165) is 0 Å². The third-order valence-corrected chi connectivity index (χ3v) is 1.50. The topological polar surface area (TPSA) is 96.8 Å². The van der Waals surface area contributed by atoms with Crippen LogP contribution in [0, 0.1) is 0 Å². The van der Waals surface area contributed by atoms with Gasteiger partial charge in [0, 0.05) is 0 Å². The first-order valence-electron chi connectivity index (χ1n) is 3.14. The highest BCUT2D eigenvalue weighted by Gasteiger charge is 2.35. The summed E-state index contributed by atoms with van der Waals surface area (Å²) in [7, 11) is 0. The molecule has 6 heteroatoms. The van der Waals surface area contributed by atoms with Crippen LogP contribution in [0.5, 0.6) is 0 Å². The van der Waals surface area contributed by atoms with Crippen LogP contribution in [0.15, 0.2) is 0 Å². The molecule has 0 aliphatic carbocycles. The molecule has 11 heavy (non-hydrogen) atoms. The number of rotatable bonds is 3. The van der Waals surface area contributed by atoms with Crippen molar-refractivity contribution in [3.63, 3.8) is 0 Å². The smallest absolute Gasteiger partial charge is 0.309 e. The number of esters is 1. The summed E-state index contributed by atoms with van der Waals surface area (Å²) in [5.74, 6) is 9.33. The van der Waals surface area contributed by atoms with Gasteiger partial charge in [-0.3, -0.25) is 9.63 Å². The molecular formula is C5H10N2O4. The summed E-state index contributed by atoms with van der Waals surface area (Å²) in [6.07, 6.45) is -0.756. The van der Waals surface area contributed by atoms with E-state index in [9.17, 15) is 4.79 Å². The molecule has 6 nitrogen and oxygen atoms in total. The molecular weight excluding hydrogens is 152 g/mol. The molecule has 0 aromatic carbocycles. The van der Waals surface area contributed by atoms with E-state index in [0.29, 0.717) is 0 Å². The Morgan fingerprint density at radius 3 is 2.91 bits per heavy atom. The number of carbonyl (C=O) groups is 1. The minimum atomic E-state index is -0.475. The van der Waals surface area contributed by atoms with E-state index in [1.165, 1.54) is 0 Å². The largest absolute Gasteiger partial charge is 0.457 e. The number of carbonyl (C=O) groups excluding carboxylic acids is 1. The van der Waals surface area contributed by atoms with Gasteiger partial charge in [-0.05, 0) is 0 Å². The molecule has 0 aromatic heterocycles. The Morgan fingerprint density at radius 1 is 1.64 bits per heavy atom. The molecule has 0 spiro atoms. The minimum Gasteiger partial charge on any atom is -0.457 e. The van der Waals surface area contributed by atoms with Crippen LogP contribution in [0.3, 0.4) is 0 Å². The van der Waals surface area contributed by atoms with Crippen molar-refractivity contribution >= 4 is 5.97 Å². The second-order valence-electron chi connectivity index (χ2n) is 2.24. The van der Waals surface area contributed by atoms with Gasteiger partial charge in [-0.15, -0.1) is 0 Å². The van der Waals surface area contributed by atoms with Crippen molar-refractivity contribution in [1.29, 1.82) is 0 Å². The standard InChI is InChI=1S/C5H10N2O4/c6-9-2-4-3(11-7)1-5(8)10-4/h3-4H,1-2,6-7H2/t3-,4+/m0/s1. The van der Waals surface area contributed by atoms with Gasteiger partial charge < -0.3 is 9.57 Å². The molecule has 1 fully saturated rings. The van der Waals surface area contributed by atoms with Gasteiger partial charge in [0.1, 0.15) is 12.7 Å². The van der Waals surface area contributed by atoms with Crippen LogP contribution >= 0.6 is 0 Å². The number of cyclic esters (lactones) is 1. The first-order chi connectivity index (χ1) is 5.27. The summed E-state index contributed by atoms with van der Waals surface area (Å²) in [6.45, 7) is 0.105. The third kappa shape index (κ3) is 1.87. The van der Waals surface area contributed by atoms with Crippen LogP contribution < -0.4 is 11.8 Å². The summed E-state index contributed by atoms with van der Waals surface area (Å²) in [5.41, 5.74) is 0. The quantitative estimate of drug-likeness (QED) is 0.385. The van der Waals surface area contributed by atoms with Gasteiger partial charge in [-0.2, -0.15) is 0 Å². The third-order valence-electron chi connectivity index (χ3n) is 1.50.